The quantitative estimate of drug-likeness (QED) is 0.702. The average Bonchev–Trinajstić information content (AvgIpc) is 2.92. The number of rotatable bonds is 4. The second-order valence-electron chi connectivity index (χ2n) is 6.95. The molecule has 0 spiro atoms. The molecule has 2 heterocycles. The summed E-state index contributed by atoms with van der Waals surface area (Å²) in [7, 11) is -3.92. The lowest BCUT2D eigenvalue weighted by molar-refractivity contribution is -0.125. The zero-order valence-electron chi connectivity index (χ0n) is 15.5. The summed E-state index contributed by atoms with van der Waals surface area (Å²) in [6, 6.07) is 8.72. The molecule has 1 fully saturated rings. The Morgan fingerprint density at radius 2 is 1.70 bits per heavy atom. The highest BCUT2D eigenvalue weighted by Gasteiger charge is 2.44. The number of nitrogens with one attached hydrogen (secondary N) is 2. The largest absolute Gasteiger partial charge is 0.329 e. The van der Waals surface area contributed by atoms with Gasteiger partial charge in [-0.2, -0.15) is 0 Å². The maximum absolute atomic E-state index is 12.9. The van der Waals surface area contributed by atoms with Gasteiger partial charge in [0.05, 0.1) is 16.0 Å². The Hall–Kier alpha value is -3.17. The summed E-state index contributed by atoms with van der Waals surface area (Å²) in [4.78, 5) is 38.8. The Kier molecular flexibility index (Phi) is 4.87. The second kappa shape index (κ2) is 7.26. The van der Waals surface area contributed by atoms with Crippen molar-refractivity contribution in [3.05, 3.63) is 70.9 Å². The number of fused-ring (bicyclic) bond motifs is 1. The van der Waals surface area contributed by atoms with Crippen molar-refractivity contribution < 1.29 is 22.8 Å². The summed E-state index contributed by atoms with van der Waals surface area (Å²) in [5.74, 6) is -1.70. The topological polar surface area (TPSA) is 113 Å². The third-order valence-electron chi connectivity index (χ3n) is 4.93. The molecule has 1 atom stereocenters. The number of halogens is 1. The number of imide groups is 1. The van der Waals surface area contributed by atoms with Crippen LogP contribution in [0.15, 0.2) is 59.6 Å². The van der Waals surface area contributed by atoms with Crippen LogP contribution in [0.25, 0.3) is 0 Å². The van der Waals surface area contributed by atoms with E-state index in [-0.39, 0.29) is 28.1 Å². The molecule has 10 heteroatoms. The first kappa shape index (κ1) is 20.1. The van der Waals surface area contributed by atoms with Crippen molar-refractivity contribution in [1.29, 1.82) is 0 Å². The van der Waals surface area contributed by atoms with Gasteiger partial charge in [-0.1, -0.05) is 18.2 Å². The van der Waals surface area contributed by atoms with Crippen LogP contribution in [0.3, 0.4) is 0 Å². The standard InChI is InChI=1S/C20H16ClN3O5S/c1-11-2-9-17(18(25)22-11)24-19(26)15-8-5-13(10-16(15)20(24)27)23-30(28,29)14-6-3-12(21)4-7-14/h3-8,10,17,23H,1-2,9H2,(H,22,25). The van der Waals surface area contributed by atoms with Gasteiger partial charge in [0.2, 0.25) is 5.91 Å². The maximum Gasteiger partial charge on any atom is 0.262 e. The molecule has 2 aliphatic heterocycles. The molecule has 154 valence electrons. The van der Waals surface area contributed by atoms with E-state index in [0.29, 0.717) is 17.1 Å². The van der Waals surface area contributed by atoms with Crippen LogP contribution >= 0.6 is 11.6 Å². The van der Waals surface area contributed by atoms with Crippen molar-refractivity contribution >= 4 is 45.0 Å². The molecular formula is C20H16ClN3O5S. The minimum Gasteiger partial charge on any atom is -0.329 e. The van der Waals surface area contributed by atoms with Gasteiger partial charge < -0.3 is 5.32 Å². The van der Waals surface area contributed by atoms with E-state index in [1.54, 1.807) is 0 Å². The van der Waals surface area contributed by atoms with Gasteiger partial charge >= 0.3 is 0 Å². The second-order valence-corrected chi connectivity index (χ2v) is 9.07. The summed E-state index contributed by atoms with van der Waals surface area (Å²) >= 11 is 5.79. The number of hydrogen-bond acceptors (Lipinski definition) is 5. The van der Waals surface area contributed by atoms with Crippen LogP contribution in [0.1, 0.15) is 33.6 Å². The highest BCUT2D eigenvalue weighted by Crippen LogP contribution is 2.31. The Morgan fingerprint density at radius 1 is 1.03 bits per heavy atom. The average molecular weight is 446 g/mol. The predicted molar refractivity (Wildman–Crippen MR) is 110 cm³/mol. The van der Waals surface area contributed by atoms with E-state index in [2.05, 4.69) is 16.6 Å². The molecule has 0 aliphatic carbocycles. The third-order valence-corrected chi connectivity index (χ3v) is 6.58. The van der Waals surface area contributed by atoms with E-state index in [9.17, 15) is 22.8 Å². The molecule has 4 rings (SSSR count). The van der Waals surface area contributed by atoms with Crippen LogP contribution in [0.4, 0.5) is 5.69 Å². The van der Waals surface area contributed by atoms with E-state index in [0.717, 1.165) is 4.90 Å². The third kappa shape index (κ3) is 3.46. The number of carbonyl (C=O) groups is 3. The van der Waals surface area contributed by atoms with Crippen molar-refractivity contribution in [2.75, 3.05) is 4.72 Å². The predicted octanol–water partition coefficient (Wildman–Crippen LogP) is 2.53. The molecule has 2 aromatic carbocycles. The van der Waals surface area contributed by atoms with E-state index in [1.165, 1.54) is 42.5 Å². The molecular weight excluding hydrogens is 430 g/mol. The number of nitrogens with zero attached hydrogens (tertiary/aromatic N) is 1. The van der Waals surface area contributed by atoms with Gasteiger partial charge in [0.25, 0.3) is 21.8 Å². The smallest absolute Gasteiger partial charge is 0.262 e. The van der Waals surface area contributed by atoms with Gasteiger partial charge in [-0.15, -0.1) is 0 Å². The fourth-order valence-electron chi connectivity index (χ4n) is 3.44. The minimum atomic E-state index is -3.92. The normalized spacial score (nSPS) is 19.0. The first-order chi connectivity index (χ1) is 14.2. The van der Waals surface area contributed by atoms with Crippen LogP contribution in [-0.4, -0.2) is 37.1 Å². The van der Waals surface area contributed by atoms with E-state index in [1.807, 2.05) is 0 Å². The number of allylic oxidation sites excluding steroid dienone is 1. The molecule has 3 amide bonds. The molecule has 8 nitrogen and oxygen atoms in total. The number of piperidine rings is 1. The SMILES string of the molecule is C=C1CCC(N2C(=O)c3ccc(NS(=O)(=O)c4ccc(Cl)cc4)cc3C2=O)C(=O)N1. The number of sulfonamides is 1. The molecule has 0 bridgehead atoms. The molecule has 30 heavy (non-hydrogen) atoms. The van der Waals surface area contributed by atoms with E-state index in [4.69, 9.17) is 11.6 Å². The molecule has 0 aromatic heterocycles. The van der Waals surface area contributed by atoms with Crippen LogP contribution < -0.4 is 10.0 Å². The zero-order chi connectivity index (χ0) is 21.6. The van der Waals surface area contributed by atoms with Crippen LogP contribution in [-0.2, 0) is 14.8 Å². The maximum atomic E-state index is 12.9. The Labute approximate surface area is 177 Å². The monoisotopic (exact) mass is 445 g/mol. The fraction of sp³-hybridized carbons (Fsp3) is 0.150. The lowest BCUT2D eigenvalue weighted by atomic mass is 10.0. The molecule has 2 N–H and O–H groups in total. The number of amides is 3. The van der Waals surface area contributed by atoms with E-state index < -0.39 is 33.8 Å². The molecule has 1 saturated heterocycles. The van der Waals surface area contributed by atoms with Crippen LogP contribution in [0, 0.1) is 0 Å². The van der Waals surface area contributed by atoms with Crippen molar-refractivity contribution in [2.24, 2.45) is 0 Å². The molecule has 2 aliphatic rings. The summed E-state index contributed by atoms with van der Waals surface area (Å²) in [5, 5.41) is 2.95. The van der Waals surface area contributed by atoms with Crippen molar-refractivity contribution in [2.45, 2.75) is 23.8 Å². The summed E-state index contributed by atoms with van der Waals surface area (Å²) in [6.07, 6.45) is 0.738. The highest BCUT2D eigenvalue weighted by atomic mass is 35.5. The minimum absolute atomic E-state index is 0.00414. The molecule has 0 radical (unpaired) electrons. The van der Waals surface area contributed by atoms with Gasteiger partial charge in [0, 0.05) is 16.4 Å². The van der Waals surface area contributed by atoms with Crippen molar-refractivity contribution in [1.82, 2.24) is 10.2 Å². The van der Waals surface area contributed by atoms with Crippen LogP contribution in [0.5, 0.6) is 0 Å². The number of carbonyl (C=O) groups excluding carboxylic acids is 3. The van der Waals surface area contributed by atoms with Gasteiger partial charge in [0.1, 0.15) is 6.04 Å². The van der Waals surface area contributed by atoms with Crippen molar-refractivity contribution in [3.63, 3.8) is 0 Å². The number of anilines is 1. The summed E-state index contributed by atoms with van der Waals surface area (Å²) in [5.41, 5.74) is 0.806. The lowest BCUT2D eigenvalue weighted by Gasteiger charge is -2.29. The van der Waals surface area contributed by atoms with Gasteiger partial charge in [-0.05, 0) is 55.3 Å². The molecule has 2 aromatic rings. The van der Waals surface area contributed by atoms with Gasteiger partial charge in [-0.25, -0.2) is 8.42 Å². The number of benzene rings is 2. The Morgan fingerprint density at radius 3 is 2.37 bits per heavy atom. The molecule has 1 unspecified atom stereocenters. The fourth-order valence-corrected chi connectivity index (χ4v) is 4.62. The summed E-state index contributed by atoms with van der Waals surface area (Å²) in [6.45, 7) is 3.69. The lowest BCUT2D eigenvalue weighted by Crippen LogP contribution is -2.51. The Bertz CT molecular complexity index is 1210. The van der Waals surface area contributed by atoms with Gasteiger partial charge in [-0.3, -0.25) is 24.0 Å². The van der Waals surface area contributed by atoms with Crippen molar-refractivity contribution in [3.8, 4) is 0 Å². The first-order valence-electron chi connectivity index (χ1n) is 8.96. The van der Waals surface area contributed by atoms with E-state index >= 15 is 0 Å². The first-order valence-corrected chi connectivity index (χ1v) is 10.8. The number of hydrogen-bond donors (Lipinski definition) is 2. The zero-order valence-corrected chi connectivity index (χ0v) is 17.1. The summed E-state index contributed by atoms with van der Waals surface area (Å²) < 4.78 is 27.5. The van der Waals surface area contributed by atoms with Crippen LogP contribution in [0.2, 0.25) is 5.02 Å². The Balaban J connectivity index is 1.61. The highest BCUT2D eigenvalue weighted by molar-refractivity contribution is 7.92. The van der Waals surface area contributed by atoms with Gasteiger partial charge in [0.15, 0.2) is 0 Å². The molecule has 0 saturated carbocycles.